The number of carbonyl (C=O) groups excluding carboxylic acids is 2. The van der Waals surface area contributed by atoms with E-state index in [0.717, 1.165) is 0 Å². The number of rotatable bonds is 5. The van der Waals surface area contributed by atoms with Crippen LogP contribution in [-0.2, 0) is 21.2 Å². The van der Waals surface area contributed by atoms with Crippen LogP contribution in [-0.4, -0.2) is 29.8 Å². The smallest absolute Gasteiger partial charge is 0.284 e. The predicted molar refractivity (Wildman–Crippen MR) is 100 cm³/mol. The number of aromatic nitrogens is 2. The number of fused-ring (bicyclic) bond motifs is 1. The summed E-state index contributed by atoms with van der Waals surface area (Å²) in [6.07, 6.45) is 2.91. The summed E-state index contributed by atoms with van der Waals surface area (Å²) >= 11 is 0. The normalized spacial score (nSPS) is 13.1. The van der Waals surface area contributed by atoms with Crippen molar-refractivity contribution < 1.29 is 18.0 Å². The Morgan fingerprint density at radius 1 is 1.14 bits per heavy atom. The van der Waals surface area contributed by atoms with Crippen LogP contribution in [0.4, 0.5) is 5.69 Å². The first-order valence-corrected chi connectivity index (χ1v) is 9.75. The van der Waals surface area contributed by atoms with Crippen molar-refractivity contribution in [1.82, 2.24) is 19.8 Å². The molecule has 2 amide bonds. The highest BCUT2D eigenvalue weighted by molar-refractivity contribution is 7.89. The molecule has 4 rings (SSSR count). The molecule has 28 heavy (non-hydrogen) atoms. The van der Waals surface area contributed by atoms with E-state index in [1.165, 1.54) is 35.3 Å². The largest absolute Gasteiger partial charge is 0.326 e. The number of nitrogens with zero attached hydrogens (tertiary/aromatic N) is 2. The van der Waals surface area contributed by atoms with Crippen LogP contribution in [0, 0.1) is 0 Å². The third-order valence-corrected chi connectivity index (χ3v) is 5.46. The Morgan fingerprint density at radius 2 is 1.93 bits per heavy atom. The highest BCUT2D eigenvalue weighted by Gasteiger charge is 2.23. The van der Waals surface area contributed by atoms with Crippen LogP contribution >= 0.6 is 0 Å². The third-order valence-electron chi connectivity index (χ3n) is 4.22. The summed E-state index contributed by atoms with van der Waals surface area (Å²) in [6.45, 7) is 0. The van der Waals surface area contributed by atoms with Gasteiger partial charge in [-0.2, -0.15) is 0 Å². The van der Waals surface area contributed by atoms with Crippen LogP contribution < -0.4 is 15.6 Å². The maximum atomic E-state index is 12.5. The van der Waals surface area contributed by atoms with Crippen molar-refractivity contribution in [3.8, 4) is 5.69 Å². The number of nitrogens with one attached hydrogen (secondary N) is 3. The van der Waals surface area contributed by atoms with Gasteiger partial charge in [0, 0.05) is 11.4 Å². The Hall–Kier alpha value is -3.50. The maximum Gasteiger partial charge on any atom is 0.284 e. The fourth-order valence-corrected chi connectivity index (χ4v) is 3.76. The fraction of sp³-hybridized carbons (Fsp3) is 0.0556. The molecule has 0 radical (unpaired) electrons. The molecule has 0 saturated carbocycles. The molecule has 0 aliphatic carbocycles. The maximum absolute atomic E-state index is 12.5. The second-order valence-corrected chi connectivity index (χ2v) is 7.77. The van der Waals surface area contributed by atoms with Gasteiger partial charge in [-0.25, -0.2) is 13.4 Å². The van der Waals surface area contributed by atoms with Crippen molar-refractivity contribution in [2.45, 2.75) is 11.3 Å². The van der Waals surface area contributed by atoms with E-state index in [1.807, 2.05) is 18.2 Å². The minimum Gasteiger partial charge on any atom is -0.326 e. The summed E-state index contributed by atoms with van der Waals surface area (Å²) in [4.78, 5) is 29.8. The van der Waals surface area contributed by atoms with Crippen LogP contribution in [0.2, 0.25) is 0 Å². The molecule has 2 heterocycles. The molecule has 0 spiro atoms. The highest BCUT2D eigenvalue weighted by atomic mass is 32.2. The van der Waals surface area contributed by atoms with Crippen LogP contribution in [0.1, 0.15) is 16.1 Å². The second-order valence-electron chi connectivity index (χ2n) is 6.09. The fourth-order valence-electron chi connectivity index (χ4n) is 2.87. The zero-order chi connectivity index (χ0) is 19.7. The van der Waals surface area contributed by atoms with Gasteiger partial charge < -0.3 is 5.32 Å². The van der Waals surface area contributed by atoms with E-state index in [2.05, 4.69) is 20.6 Å². The number of hydrazine groups is 1. The molecule has 3 aromatic rings. The van der Waals surface area contributed by atoms with Gasteiger partial charge in [0.15, 0.2) is 0 Å². The Labute approximate surface area is 160 Å². The summed E-state index contributed by atoms with van der Waals surface area (Å²) in [6, 6.07) is 13.3. The van der Waals surface area contributed by atoms with Crippen LogP contribution in [0.5, 0.6) is 0 Å². The Kier molecular flexibility index (Phi) is 4.41. The number of hydrogen-bond acceptors (Lipinski definition) is 5. The average Bonchev–Trinajstić information content (AvgIpc) is 3.32. The monoisotopic (exact) mass is 397 g/mol. The molecular weight excluding hydrogens is 382 g/mol. The lowest BCUT2D eigenvalue weighted by Crippen LogP contribution is -2.42. The molecule has 9 nitrogen and oxygen atoms in total. The van der Waals surface area contributed by atoms with Crippen molar-refractivity contribution in [2.75, 3.05) is 5.32 Å². The molecule has 0 bridgehead atoms. The molecule has 142 valence electrons. The van der Waals surface area contributed by atoms with E-state index in [9.17, 15) is 18.0 Å². The van der Waals surface area contributed by atoms with Gasteiger partial charge in [-0.05, 0) is 35.9 Å². The quantitative estimate of drug-likeness (QED) is 0.554. The molecule has 10 heteroatoms. The summed E-state index contributed by atoms with van der Waals surface area (Å²) < 4.78 is 26.5. The highest BCUT2D eigenvalue weighted by Crippen LogP contribution is 2.25. The van der Waals surface area contributed by atoms with Gasteiger partial charge in [-0.15, -0.1) is 4.83 Å². The van der Waals surface area contributed by atoms with Crippen molar-refractivity contribution in [1.29, 1.82) is 0 Å². The Bertz CT molecular complexity index is 1170. The minimum absolute atomic E-state index is 0.0559. The van der Waals surface area contributed by atoms with E-state index in [4.69, 9.17) is 0 Å². The zero-order valence-electron chi connectivity index (χ0n) is 14.4. The summed E-state index contributed by atoms with van der Waals surface area (Å²) in [5.74, 6) is -0.858. The third kappa shape index (κ3) is 3.38. The first-order chi connectivity index (χ1) is 13.4. The van der Waals surface area contributed by atoms with Crippen molar-refractivity contribution in [2.24, 2.45) is 0 Å². The molecule has 0 unspecified atom stereocenters. The number of sulfonamides is 1. The van der Waals surface area contributed by atoms with Gasteiger partial charge in [0.1, 0.15) is 5.69 Å². The molecule has 0 saturated heterocycles. The van der Waals surface area contributed by atoms with Crippen molar-refractivity contribution in [3.05, 3.63) is 72.3 Å². The molecule has 1 aromatic heterocycles. The molecule has 0 atom stereocenters. The van der Waals surface area contributed by atoms with Crippen molar-refractivity contribution >= 4 is 27.5 Å². The van der Waals surface area contributed by atoms with E-state index in [-0.39, 0.29) is 22.9 Å². The van der Waals surface area contributed by atoms with Gasteiger partial charge >= 0.3 is 0 Å². The number of benzene rings is 2. The number of para-hydroxylation sites is 1. The zero-order valence-corrected chi connectivity index (χ0v) is 15.2. The SMILES string of the molecule is O=C1Cc2cc(S(=O)(=O)NNC(=O)c3cncn3-c3ccccc3)ccc2N1. The van der Waals surface area contributed by atoms with Crippen LogP contribution in [0.15, 0.2) is 66.0 Å². The topological polar surface area (TPSA) is 122 Å². The van der Waals surface area contributed by atoms with Crippen molar-refractivity contribution in [3.63, 3.8) is 0 Å². The lowest BCUT2D eigenvalue weighted by Gasteiger charge is -2.11. The molecule has 0 fully saturated rings. The molecule has 3 N–H and O–H groups in total. The predicted octanol–water partition coefficient (Wildman–Crippen LogP) is 0.990. The van der Waals surface area contributed by atoms with Gasteiger partial charge in [0.05, 0.1) is 23.8 Å². The standard InChI is InChI=1S/C18H15N5O4S/c24-17-9-12-8-14(6-7-15(12)20-17)28(26,27)22-21-18(25)16-10-19-11-23(16)13-4-2-1-3-5-13/h1-8,10-11,22H,9H2,(H,20,24)(H,21,25). The van der Waals surface area contributed by atoms with Gasteiger partial charge in [0.2, 0.25) is 5.91 Å². The lowest BCUT2D eigenvalue weighted by atomic mass is 10.2. The van der Waals surface area contributed by atoms with Gasteiger partial charge in [-0.1, -0.05) is 18.2 Å². The van der Waals surface area contributed by atoms with Gasteiger partial charge in [0.25, 0.3) is 15.9 Å². The van der Waals surface area contributed by atoms with E-state index >= 15 is 0 Å². The average molecular weight is 397 g/mol. The summed E-state index contributed by atoms with van der Waals surface area (Å²) in [5, 5.41) is 2.63. The second kappa shape index (κ2) is 6.91. The molecule has 2 aromatic carbocycles. The Balaban J connectivity index is 1.51. The molecule has 1 aliphatic heterocycles. The number of anilines is 1. The van der Waals surface area contributed by atoms with E-state index in [0.29, 0.717) is 16.9 Å². The summed E-state index contributed by atoms with van der Waals surface area (Å²) in [7, 11) is -4.01. The minimum atomic E-state index is -4.01. The van der Waals surface area contributed by atoms with Crippen LogP contribution in [0.25, 0.3) is 5.69 Å². The number of amides is 2. The lowest BCUT2D eigenvalue weighted by molar-refractivity contribution is -0.115. The Morgan fingerprint density at radius 3 is 2.71 bits per heavy atom. The molecular formula is C18H15N5O4S. The van der Waals surface area contributed by atoms with E-state index < -0.39 is 15.9 Å². The molecule has 1 aliphatic rings. The first-order valence-electron chi connectivity index (χ1n) is 8.27. The summed E-state index contributed by atoms with van der Waals surface area (Å²) in [5.41, 5.74) is 4.23. The number of carbonyl (C=O) groups is 2. The number of imidazole rings is 1. The van der Waals surface area contributed by atoms with Crippen LogP contribution in [0.3, 0.4) is 0 Å². The first kappa shape index (κ1) is 17.9. The van der Waals surface area contributed by atoms with E-state index in [1.54, 1.807) is 12.1 Å². The van der Waals surface area contributed by atoms with Gasteiger partial charge in [-0.3, -0.25) is 19.6 Å². The number of hydrogen-bond donors (Lipinski definition) is 3.